The van der Waals surface area contributed by atoms with Gasteiger partial charge in [-0.2, -0.15) is 0 Å². The fourth-order valence-corrected chi connectivity index (χ4v) is 1.62. The van der Waals surface area contributed by atoms with Crippen molar-refractivity contribution >= 4 is 22.4 Å². The smallest absolute Gasteiger partial charge is 0.238 e. The molecule has 1 aromatic carbocycles. The second kappa shape index (κ2) is 7.13. The zero-order chi connectivity index (χ0) is 12.7. The van der Waals surface area contributed by atoms with Crippen molar-refractivity contribution in [2.24, 2.45) is 0 Å². The minimum absolute atomic E-state index is 0.119. The first-order valence-corrected chi connectivity index (χ1v) is 6.87. The van der Waals surface area contributed by atoms with E-state index in [0.717, 1.165) is 0 Å². The number of carbonyl (C=O) groups excluding carboxylic acids is 1. The highest BCUT2D eigenvalue weighted by Gasteiger charge is 2.02. The minimum Gasteiger partial charge on any atom is -0.325 e. The van der Waals surface area contributed by atoms with Crippen LogP contribution in [0, 0.1) is 5.82 Å². The summed E-state index contributed by atoms with van der Waals surface area (Å²) in [6, 6.07) is 5.70. The van der Waals surface area contributed by atoms with Crippen LogP contribution in [0.2, 0.25) is 0 Å². The minimum atomic E-state index is -0.865. The van der Waals surface area contributed by atoms with Crippen LogP contribution in [-0.4, -0.2) is 35.2 Å². The van der Waals surface area contributed by atoms with E-state index in [0.29, 0.717) is 18.0 Å². The fraction of sp³-hybridized carbons (Fsp3) is 0.364. The third kappa shape index (κ3) is 6.13. The molecule has 6 heteroatoms. The van der Waals surface area contributed by atoms with Gasteiger partial charge >= 0.3 is 0 Å². The van der Waals surface area contributed by atoms with Gasteiger partial charge < -0.3 is 10.6 Å². The highest BCUT2D eigenvalue weighted by atomic mass is 32.2. The molecule has 0 spiro atoms. The summed E-state index contributed by atoms with van der Waals surface area (Å²) in [6.45, 7) is 0.632. The summed E-state index contributed by atoms with van der Waals surface area (Å²) < 4.78 is 23.6. The first-order chi connectivity index (χ1) is 8.08. The number of hydrogen-bond acceptors (Lipinski definition) is 3. The molecule has 1 rings (SSSR count). The number of hydrogen-bond donors (Lipinski definition) is 2. The highest BCUT2D eigenvalue weighted by Crippen LogP contribution is 2.08. The molecule has 0 fully saturated rings. The third-order valence-electron chi connectivity index (χ3n) is 1.96. The molecule has 4 nitrogen and oxygen atoms in total. The molecule has 0 bridgehead atoms. The predicted octanol–water partition coefficient (Wildman–Crippen LogP) is 0.732. The number of amides is 1. The Morgan fingerprint density at radius 3 is 2.88 bits per heavy atom. The number of rotatable bonds is 6. The number of anilines is 1. The largest absolute Gasteiger partial charge is 0.325 e. The Bertz CT molecular complexity index is 412. The van der Waals surface area contributed by atoms with Gasteiger partial charge in [0, 0.05) is 35.0 Å². The van der Waals surface area contributed by atoms with E-state index in [1.807, 2.05) is 0 Å². The van der Waals surface area contributed by atoms with Crippen LogP contribution in [0.1, 0.15) is 0 Å². The number of carbonyl (C=O) groups is 1. The molecule has 0 aliphatic heterocycles. The molecule has 1 amide bonds. The van der Waals surface area contributed by atoms with Crippen molar-refractivity contribution in [3.63, 3.8) is 0 Å². The van der Waals surface area contributed by atoms with Gasteiger partial charge in [0.25, 0.3) is 0 Å². The summed E-state index contributed by atoms with van der Waals surface area (Å²) in [7, 11) is -0.865. The lowest BCUT2D eigenvalue weighted by Crippen LogP contribution is -2.30. The summed E-state index contributed by atoms with van der Waals surface area (Å²) in [5.41, 5.74) is 0.427. The third-order valence-corrected chi connectivity index (χ3v) is 2.74. The van der Waals surface area contributed by atoms with Gasteiger partial charge in [0.05, 0.1) is 6.54 Å². The first kappa shape index (κ1) is 13.8. The van der Waals surface area contributed by atoms with Crippen molar-refractivity contribution in [2.45, 2.75) is 0 Å². The van der Waals surface area contributed by atoms with E-state index < -0.39 is 16.6 Å². The van der Waals surface area contributed by atoms with Gasteiger partial charge in [-0.15, -0.1) is 0 Å². The average Bonchev–Trinajstić information content (AvgIpc) is 2.24. The lowest BCUT2D eigenvalue weighted by molar-refractivity contribution is -0.115. The SMILES string of the molecule is CS(=O)CCNCC(=O)Nc1cccc(F)c1. The van der Waals surface area contributed by atoms with E-state index in [4.69, 9.17) is 0 Å². The van der Waals surface area contributed by atoms with Gasteiger partial charge in [0.2, 0.25) is 5.91 Å². The Hall–Kier alpha value is -1.27. The van der Waals surface area contributed by atoms with Crippen LogP contribution in [0.15, 0.2) is 24.3 Å². The zero-order valence-corrected chi connectivity index (χ0v) is 10.3. The molecule has 1 unspecified atom stereocenters. The van der Waals surface area contributed by atoms with Crippen molar-refractivity contribution in [2.75, 3.05) is 30.4 Å². The van der Waals surface area contributed by atoms with Crippen LogP contribution < -0.4 is 10.6 Å². The summed E-state index contributed by atoms with van der Waals surface area (Å²) >= 11 is 0. The predicted molar refractivity (Wildman–Crippen MR) is 66.8 cm³/mol. The molecule has 0 radical (unpaired) electrons. The summed E-state index contributed by atoms with van der Waals surface area (Å²) in [6.07, 6.45) is 1.61. The summed E-state index contributed by atoms with van der Waals surface area (Å²) in [5, 5.41) is 5.41. The van der Waals surface area contributed by atoms with E-state index in [2.05, 4.69) is 10.6 Å². The Labute approximate surface area is 102 Å². The Morgan fingerprint density at radius 2 is 2.24 bits per heavy atom. The molecular weight excluding hydrogens is 243 g/mol. The summed E-state index contributed by atoms with van der Waals surface area (Å²) in [5.74, 6) is -0.137. The van der Waals surface area contributed by atoms with E-state index in [1.54, 1.807) is 12.3 Å². The van der Waals surface area contributed by atoms with E-state index in [9.17, 15) is 13.4 Å². The van der Waals surface area contributed by atoms with Crippen LogP contribution in [-0.2, 0) is 15.6 Å². The van der Waals surface area contributed by atoms with Crippen LogP contribution in [0.4, 0.5) is 10.1 Å². The average molecular weight is 258 g/mol. The standard InChI is InChI=1S/C11H15FN2O2S/c1-17(16)6-5-13-8-11(15)14-10-4-2-3-9(12)7-10/h2-4,7,13H,5-6,8H2,1H3,(H,14,15). The van der Waals surface area contributed by atoms with Crippen molar-refractivity contribution in [1.82, 2.24) is 5.32 Å². The molecule has 0 aliphatic rings. The Balaban J connectivity index is 2.27. The molecule has 0 heterocycles. The molecular formula is C11H15FN2O2S. The second-order valence-corrected chi connectivity index (χ2v) is 5.07. The quantitative estimate of drug-likeness (QED) is 0.740. The lowest BCUT2D eigenvalue weighted by atomic mass is 10.3. The van der Waals surface area contributed by atoms with Crippen LogP contribution in [0.5, 0.6) is 0 Å². The highest BCUT2D eigenvalue weighted by molar-refractivity contribution is 7.84. The molecule has 17 heavy (non-hydrogen) atoms. The normalized spacial score (nSPS) is 12.1. The van der Waals surface area contributed by atoms with Gasteiger partial charge in [-0.25, -0.2) is 4.39 Å². The molecule has 1 aromatic rings. The molecule has 2 N–H and O–H groups in total. The van der Waals surface area contributed by atoms with Gasteiger partial charge in [-0.3, -0.25) is 9.00 Å². The van der Waals surface area contributed by atoms with Gasteiger partial charge in [0.1, 0.15) is 5.82 Å². The Kier molecular flexibility index (Phi) is 5.79. The molecule has 94 valence electrons. The number of nitrogens with one attached hydrogen (secondary N) is 2. The van der Waals surface area contributed by atoms with E-state index >= 15 is 0 Å². The maximum Gasteiger partial charge on any atom is 0.238 e. The van der Waals surface area contributed by atoms with Gasteiger partial charge in [-0.05, 0) is 18.2 Å². The second-order valence-electron chi connectivity index (χ2n) is 3.51. The Morgan fingerprint density at radius 1 is 1.47 bits per heavy atom. The molecule has 1 atom stereocenters. The number of benzene rings is 1. The monoisotopic (exact) mass is 258 g/mol. The van der Waals surface area contributed by atoms with E-state index in [-0.39, 0.29) is 12.5 Å². The van der Waals surface area contributed by atoms with E-state index in [1.165, 1.54) is 18.2 Å². The zero-order valence-electron chi connectivity index (χ0n) is 9.53. The molecule has 0 aliphatic carbocycles. The van der Waals surface area contributed by atoms with Crippen LogP contribution in [0.3, 0.4) is 0 Å². The van der Waals surface area contributed by atoms with Crippen molar-refractivity contribution in [3.8, 4) is 0 Å². The fourth-order valence-electron chi connectivity index (χ4n) is 1.19. The molecule has 0 saturated heterocycles. The van der Waals surface area contributed by atoms with Crippen LogP contribution in [0.25, 0.3) is 0 Å². The lowest BCUT2D eigenvalue weighted by Gasteiger charge is -2.06. The van der Waals surface area contributed by atoms with Gasteiger partial charge in [-0.1, -0.05) is 6.07 Å². The summed E-state index contributed by atoms with van der Waals surface area (Å²) in [4.78, 5) is 11.4. The van der Waals surface area contributed by atoms with Gasteiger partial charge in [0.15, 0.2) is 0 Å². The van der Waals surface area contributed by atoms with Crippen molar-refractivity contribution in [1.29, 1.82) is 0 Å². The maximum atomic E-state index is 12.8. The molecule has 0 saturated carbocycles. The van der Waals surface area contributed by atoms with Crippen molar-refractivity contribution < 1.29 is 13.4 Å². The maximum absolute atomic E-state index is 12.8. The van der Waals surface area contributed by atoms with Crippen LogP contribution >= 0.6 is 0 Å². The van der Waals surface area contributed by atoms with Crippen molar-refractivity contribution in [3.05, 3.63) is 30.1 Å². The molecule has 0 aromatic heterocycles. The topological polar surface area (TPSA) is 58.2 Å². The first-order valence-electron chi connectivity index (χ1n) is 5.14. The number of halogens is 1.